The third kappa shape index (κ3) is 4.17. The van der Waals surface area contributed by atoms with Crippen LogP contribution in [-0.4, -0.2) is 6.61 Å². The van der Waals surface area contributed by atoms with Gasteiger partial charge in [-0.1, -0.05) is 36.7 Å². The Balaban J connectivity index is 2.01. The molecule has 2 aromatic carbocycles. The van der Waals surface area contributed by atoms with Gasteiger partial charge in [0.1, 0.15) is 5.75 Å². The minimum Gasteiger partial charge on any atom is -0.494 e. The quantitative estimate of drug-likeness (QED) is 0.803. The molecular weight excluding hydrogens is 270 g/mol. The number of benzene rings is 2. The number of hydrogen-bond donors (Lipinski definition) is 1. The SMILES string of the molecule is CCCOc1cccc(CNc2cc(C)ccc2Cl)c1. The molecule has 20 heavy (non-hydrogen) atoms. The van der Waals surface area contributed by atoms with E-state index in [-0.39, 0.29) is 0 Å². The van der Waals surface area contributed by atoms with Crippen molar-refractivity contribution in [3.63, 3.8) is 0 Å². The van der Waals surface area contributed by atoms with Gasteiger partial charge in [0.05, 0.1) is 17.3 Å². The third-order valence-electron chi connectivity index (χ3n) is 2.98. The number of halogens is 1. The second-order valence-corrected chi connectivity index (χ2v) is 5.24. The average molecular weight is 290 g/mol. The van der Waals surface area contributed by atoms with Gasteiger partial charge in [0.25, 0.3) is 0 Å². The van der Waals surface area contributed by atoms with Crippen molar-refractivity contribution in [3.8, 4) is 5.75 Å². The molecule has 0 aliphatic carbocycles. The van der Waals surface area contributed by atoms with Gasteiger partial charge in [-0.2, -0.15) is 0 Å². The highest BCUT2D eigenvalue weighted by atomic mass is 35.5. The smallest absolute Gasteiger partial charge is 0.119 e. The highest BCUT2D eigenvalue weighted by molar-refractivity contribution is 6.33. The lowest BCUT2D eigenvalue weighted by atomic mass is 10.2. The lowest BCUT2D eigenvalue weighted by Gasteiger charge is -2.11. The maximum absolute atomic E-state index is 6.18. The van der Waals surface area contributed by atoms with E-state index < -0.39 is 0 Å². The van der Waals surface area contributed by atoms with Crippen LogP contribution < -0.4 is 10.1 Å². The maximum atomic E-state index is 6.18. The molecule has 2 aromatic rings. The number of aryl methyl sites for hydroxylation is 1. The highest BCUT2D eigenvalue weighted by Gasteiger charge is 2.01. The van der Waals surface area contributed by atoms with Gasteiger partial charge < -0.3 is 10.1 Å². The zero-order chi connectivity index (χ0) is 14.4. The van der Waals surface area contributed by atoms with E-state index in [9.17, 15) is 0 Å². The first-order chi connectivity index (χ1) is 9.69. The molecule has 0 spiro atoms. The molecule has 0 saturated heterocycles. The minimum atomic E-state index is 0.729. The van der Waals surface area contributed by atoms with Gasteiger partial charge in [0.15, 0.2) is 0 Å². The van der Waals surface area contributed by atoms with Gasteiger partial charge in [-0.05, 0) is 48.7 Å². The van der Waals surface area contributed by atoms with Crippen molar-refractivity contribution >= 4 is 17.3 Å². The van der Waals surface area contributed by atoms with E-state index in [1.165, 1.54) is 11.1 Å². The second kappa shape index (κ2) is 7.20. The van der Waals surface area contributed by atoms with Crippen molar-refractivity contribution in [2.45, 2.75) is 26.8 Å². The van der Waals surface area contributed by atoms with E-state index in [2.05, 4.69) is 37.4 Å². The van der Waals surface area contributed by atoms with Gasteiger partial charge >= 0.3 is 0 Å². The summed E-state index contributed by atoms with van der Waals surface area (Å²) in [6.07, 6.45) is 1.02. The van der Waals surface area contributed by atoms with Crippen molar-refractivity contribution in [3.05, 3.63) is 58.6 Å². The van der Waals surface area contributed by atoms with Crippen LogP contribution in [0.4, 0.5) is 5.69 Å². The third-order valence-corrected chi connectivity index (χ3v) is 3.31. The number of ether oxygens (including phenoxy) is 1. The summed E-state index contributed by atoms with van der Waals surface area (Å²) in [5, 5.41) is 4.11. The molecular formula is C17H20ClNO. The monoisotopic (exact) mass is 289 g/mol. The van der Waals surface area contributed by atoms with Crippen LogP contribution in [0.2, 0.25) is 5.02 Å². The molecule has 0 bridgehead atoms. The first-order valence-electron chi connectivity index (χ1n) is 6.91. The summed E-state index contributed by atoms with van der Waals surface area (Å²) in [6.45, 7) is 5.64. The first kappa shape index (κ1) is 14.7. The normalized spacial score (nSPS) is 10.3. The molecule has 106 valence electrons. The van der Waals surface area contributed by atoms with Crippen molar-refractivity contribution in [1.82, 2.24) is 0 Å². The van der Waals surface area contributed by atoms with Gasteiger partial charge in [-0.25, -0.2) is 0 Å². The summed E-state index contributed by atoms with van der Waals surface area (Å²) in [6, 6.07) is 14.1. The fraction of sp³-hybridized carbons (Fsp3) is 0.294. The van der Waals surface area contributed by atoms with Crippen molar-refractivity contribution in [1.29, 1.82) is 0 Å². The molecule has 0 radical (unpaired) electrons. The summed E-state index contributed by atoms with van der Waals surface area (Å²) < 4.78 is 5.64. The Labute approximate surface area is 125 Å². The molecule has 0 amide bonds. The van der Waals surface area contributed by atoms with Crippen molar-refractivity contribution < 1.29 is 4.74 Å². The summed E-state index contributed by atoms with van der Waals surface area (Å²) >= 11 is 6.18. The number of nitrogens with one attached hydrogen (secondary N) is 1. The zero-order valence-corrected chi connectivity index (χ0v) is 12.7. The molecule has 0 heterocycles. The van der Waals surface area contributed by atoms with Crippen LogP contribution >= 0.6 is 11.6 Å². The van der Waals surface area contributed by atoms with Crippen LogP contribution in [0, 0.1) is 6.92 Å². The summed E-state index contributed by atoms with van der Waals surface area (Å²) in [5.74, 6) is 0.918. The summed E-state index contributed by atoms with van der Waals surface area (Å²) in [7, 11) is 0. The van der Waals surface area contributed by atoms with Crippen LogP contribution in [0.1, 0.15) is 24.5 Å². The predicted octanol–water partition coefficient (Wildman–Crippen LogP) is 5.05. The van der Waals surface area contributed by atoms with Crippen LogP contribution in [0.3, 0.4) is 0 Å². The minimum absolute atomic E-state index is 0.729. The topological polar surface area (TPSA) is 21.3 Å². The summed E-state index contributed by atoms with van der Waals surface area (Å²) in [4.78, 5) is 0. The van der Waals surface area contributed by atoms with Gasteiger partial charge in [-0.3, -0.25) is 0 Å². The number of anilines is 1. The lowest BCUT2D eigenvalue weighted by Crippen LogP contribution is -2.01. The molecule has 0 fully saturated rings. The standard InChI is InChI=1S/C17H20ClNO/c1-3-9-20-15-6-4-5-14(11-15)12-19-17-10-13(2)7-8-16(17)18/h4-8,10-11,19H,3,9,12H2,1-2H3. The molecule has 2 rings (SSSR count). The van der Waals surface area contributed by atoms with Crippen molar-refractivity contribution in [2.24, 2.45) is 0 Å². The Bertz CT molecular complexity index is 569. The fourth-order valence-corrected chi connectivity index (χ4v) is 2.12. The Hall–Kier alpha value is -1.67. The van der Waals surface area contributed by atoms with Gasteiger partial charge in [0, 0.05) is 6.54 Å². The largest absolute Gasteiger partial charge is 0.494 e. The lowest BCUT2D eigenvalue weighted by molar-refractivity contribution is 0.317. The second-order valence-electron chi connectivity index (χ2n) is 4.83. The van der Waals surface area contributed by atoms with E-state index in [0.717, 1.165) is 36.0 Å². The van der Waals surface area contributed by atoms with Crippen LogP contribution in [-0.2, 0) is 6.54 Å². The van der Waals surface area contributed by atoms with Gasteiger partial charge in [-0.15, -0.1) is 0 Å². The van der Waals surface area contributed by atoms with Crippen LogP contribution in [0.5, 0.6) is 5.75 Å². The first-order valence-corrected chi connectivity index (χ1v) is 7.28. The maximum Gasteiger partial charge on any atom is 0.119 e. The Kier molecular flexibility index (Phi) is 5.31. The van der Waals surface area contributed by atoms with Crippen molar-refractivity contribution in [2.75, 3.05) is 11.9 Å². The Morgan fingerprint density at radius 1 is 1.15 bits per heavy atom. The zero-order valence-electron chi connectivity index (χ0n) is 11.9. The molecule has 2 nitrogen and oxygen atoms in total. The van der Waals surface area contributed by atoms with E-state index >= 15 is 0 Å². The Morgan fingerprint density at radius 2 is 2.00 bits per heavy atom. The van der Waals surface area contributed by atoms with Crippen LogP contribution in [0.25, 0.3) is 0 Å². The van der Waals surface area contributed by atoms with Gasteiger partial charge in [0.2, 0.25) is 0 Å². The number of rotatable bonds is 6. The van der Waals surface area contributed by atoms with Crippen LogP contribution in [0.15, 0.2) is 42.5 Å². The predicted molar refractivity (Wildman–Crippen MR) is 85.7 cm³/mol. The average Bonchev–Trinajstić information content (AvgIpc) is 2.46. The molecule has 3 heteroatoms. The molecule has 0 saturated carbocycles. The van der Waals surface area contributed by atoms with E-state index in [4.69, 9.17) is 16.3 Å². The molecule has 0 atom stereocenters. The molecule has 0 aliphatic rings. The number of hydrogen-bond acceptors (Lipinski definition) is 2. The summed E-state index contributed by atoms with van der Waals surface area (Å²) in [5.41, 5.74) is 3.33. The van der Waals surface area contributed by atoms with E-state index in [0.29, 0.717) is 0 Å². The van der Waals surface area contributed by atoms with E-state index in [1.54, 1.807) is 0 Å². The fourth-order valence-electron chi connectivity index (χ4n) is 1.94. The van der Waals surface area contributed by atoms with E-state index in [1.807, 2.05) is 24.3 Å². The molecule has 0 aliphatic heterocycles. The Morgan fingerprint density at radius 3 is 2.80 bits per heavy atom. The molecule has 1 N–H and O–H groups in total. The highest BCUT2D eigenvalue weighted by Crippen LogP contribution is 2.23. The molecule has 0 unspecified atom stereocenters. The molecule has 0 aromatic heterocycles.